The van der Waals surface area contributed by atoms with Gasteiger partial charge in [-0.3, -0.25) is 0 Å². The van der Waals surface area contributed by atoms with E-state index in [4.69, 9.17) is 11.6 Å². The lowest BCUT2D eigenvalue weighted by Crippen LogP contribution is -2.37. The van der Waals surface area contributed by atoms with Crippen LogP contribution >= 0.6 is 11.6 Å². The summed E-state index contributed by atoms with van der Waals surface area (Å²) in [5.74, 6) is 0. The van der Waals surface area contributed by atoms with Crippen LogP contribution in [0.4, 0.5) is 0 Å². The van der Waals surface area contributed by atoms with Crippen molar-refractivity contribution in [3.63, 3.8) is 0 Å². The van der Waals surface area contributed by atoms with E-state index >= 15 is 0 Å². The van der Waals surface area contributed by atoms with Gasteiger partial charge in [-0.15, -0.1) is 0 Å². The predicted octanol–water partition coefficient (Wildman–Crippen LogP) is 2.38. The van der Waals surface area contributed by atoms with E-state index in [9.17, 15) is 5.11 Å². The van der Waals surface area contributed by atoms with Gasteiger partial charge in [0.1, 0.15) is 5.15 Å². The van der Waals surface area contributed by atoms with E-state index in [1.54, 1.807) is 6.20 Å². The van der Waals surface area contributed by atoms with Crippen molar-refractivity contribution >= 4 is 11.6 Å². The van der Waals surface area contributed by atoms with Crippen LogP contribution in [0.15, 0.2) is 18.3 Å². The molecule has 1 atom stereocenters. The van der Waals surface area contributed by atoms with Crippen molar-refractivity contribution in [3.05, 3.63) is 29.0 Å². The molecular weight excluding hydrogens is 224 g/mol. The molecule has 0 spiro atoms. The Kier molecular flexibility index (Phi) is 5.19. The smallest absolute Gasteiger partial charge is 0.133 e. The monoisotopic (exact) mass is 242 g/mol. The average Bonchev–Trinajstić information content (AvgIpc) is 2.20. The summed E-state index contributed by atoms with van der Waals surface area (Å²) in [6.07, 6.45) is 3.43. The van der Waals surface area contributed by atoms with Gasteiger partial charge in [-0.2, -0.15) is 0 Å². The summed E-state index contributed by atoms with van der Waals surface area (Å²) in [6, 6.07) is 3.78. The zero-order chi connectivity index (χ0) is 12.0. The highest BCUT2D eigenvalue weighted by molar-refractivity contribution is 6.30. The first-order valence-corrected chi connectivity index (χ1v) is 5.95. The molecule has 4 heteroatoms. The molecule has 0 aromatic carbocycles. The molecule has 0 aliphatic rings. The Hall–Kier alpha value is -0.640. The third-order valence-electron chi connectivity index (χ3n) is 2.45. The van der Waals surface area contributed by atoms with E-state index in [0.29, 0.717) is 18.2 Å². The van der Waals surface area contributed by atoms with Gasteiger partial charge in [-0.05, 0) is 19.4 Å². The van der Waals surface area contributed by atoms with E-state index in [2.05, 4.69) is 17.2 Å². The molecule has 0 saturated carbocycles. The van der Waals surface area contributed by atoms with Crippen LogP contribution in [0.25, 0.3) is 0 Å². The molecule has 3 nitrogen and oxygen atoms in total. The third kappa shape index (κ3) is 4.47. The maximum absolute atomic E-state index is 9.95. The average molecular weight is 243 g/mol. The maximum atomic E-state index is 9.95. The molecular formula is C12H19ClN2O. The fraction of sp³-hybridized carbons (Fsp3) is 0.583. The lowest BCUT2D eigenvalue weighted by molar-refractivity contribution is 0.0498. The Labute approximate surface area is 102 Å². The summed E-state index contributed by atoms with van der Waals surface area (Å²) in [4.78, 5) is 3.99. The van der Waals surface area contributed by atoms with Gasteiger partial charge >= 0.3 is 0 Å². The van der Waals surface area contributed by atoms with E-state index in [0.717, 1.165) is 18.4 Å². The van der Waals surface area contributed by atoms with Crippen molar-refractivity contribution in [1.29, 1.82) is 0 Å². The van der Waals surface area contributed by atoms with Crippen molar-refractivity contribution in [2.24, 2.45) is 0 Å². The van der Waals surface area contributed by atoms with Crippen LogP contribution in [0.2, 0.25) is 5.15 Å². The first-order chi connectivity index (χ1) is 7.55. The van der Waals surface area contributed by atoms with Gasteiger partial charge in [0.25, 0.3) is 0 Å². The fourth-order valence-corrected chi connectivity index (χ4v) is 1.83. The van der Waals surface area contributed by atoms with Crippen LogP contribution in [-0.2, 0) is 6.54 Å². The van der Waals surface area contributed by atoms with Crippen molar-refractivity contribution in [3.8, 4) is 0 Å². The van der Waals surface area contributed by atoms with Crippen LogP contribution in [-0.4, -0.2) is 22.2 Å². The number of pyridine rings is 1. The minimum atomic E-state index is -0.649. The molecule has 1 aromatic rings. The quantitative estimate of drug-likeness (QED) is 0.753. The van der Waals surface area contributed by atoms with E-state index in [1.807, 2.05) is 19.1 Å². The van der Waals surface area contributed by atoms with Crippen LogP contribution in [0.3, 0.4) is 0 Å². The second kappa shape index (κ2) is 6.18. The van der Waals surface area contributed by atoms with Gasteiger partial charge in [0, 0.05) is 24.8 Å². The number of rotatable bonds is 6. The highest BCUT2D eigenvalue weighted by Crippen LogP contribution is 2.13. The maximum Gasteiger partial charge on any atom is 0.133 e. The Balaban J connectivity index is 2.39. The normalized spacial score (nSPS) is 14.8. The van der Waals surface area contributed by atoms with Gasteiger partial charge < -0.3 is 10.4 Å². The lowest BCUT2D eigenvalue weighted by Gasteiger charge is -2.23. The van der Waals surface area contributed by atoms with Crippen LogP contribution in [0, 0.1) is 0 Å². The summed E-state index contributed by atoms with van der Waals surface area (Å²) in [5, 5.41) is 13.7. The van der Waals surface area contributed by atoms with Crippen molar-refractivity contribution in [1.82, 2.24) is 10.3 Å². The molecule has 0 amide bonds. The Morgan fingerprint density at radius 2 is 2.31 bits per heavy atom. The minimum Gasteiger partial charge on any atom is -0.389 e. The van der Waals surface area contributed by atoms with Crippen molar-refractivity contribution in [2.75, 3.05) is 6.54 Å². The Morgan fingerprint density at radius 3 is 2.94 bits per heavy atom. The molecule has 0 aliphatic carbocycles. The van der Waals surface area contributed by atoms with Gasteiger partial charge in [-0.25, -0.2) is 4.98 Å². The lowest BCUT2D eigenvalue weighted by atomic mass is 10.0. The second-order valence-electron chi connectivity index (χ2n) is 4.30. The number of hydrogen-bond donors (Lipinski definition) is 2. The zero-order valence-electron chi connectivity index (χ0n) is 9.83. The number of nitrogens with one attached hydrogen (secondary N) is 1. The minimum absolute atomic E-state index is 0.519. The topological polar surface area (TPSA) is 45.1 Å². The van der Waals surface area contributed by atoms with Crippen LogP contribution in [0.1, 0.15) is 32.3 Å². The van der Waals surface area contributed by atoms with Gasteiger partial charge in [0.05, 0.1) is 5.60 Å². The highest BCUT2D eigenvalue weighted by atomic mass is 35.5. The molecule has 1 rings (SSSR count). The molecule has 0 aliphatic heterocycles. The second-order valence-corrected chi connectivity index (χ2v) is 4.66. The summed E-state index contributed by atoms with van der Waals surface area (Å²) in [7, 11) is 0. The van der Waals surface area contributed by atoms with Crippen molar-refractivity contribution < 1.29 is 5.11 Å². The van der Waals surface area contributed by atoms with E-state index in [-0.39, 0.29) is 0 Å². The Morgan fingerprint density at radius 1 is 1.56 bits per heavy atom. The highest BCUT2D eigenvalue weighted by Gasteiger charge is 2.18. The molecule has 0 radical (unpaired) electrons. The largest absolute Gasteiger partial charge is 0.389 e. The summed E-state index contributed by atoms with van der Waals surface area (Å²) in [5.41, 5.74) is 0.306. The van der Waals surface area contributed by atoms with E-state index in [1.165, 1.54) is 0 Å². The summed E-state index contributed by atoms with van der Waals surface area (Å²) in [6.45, 7) is 5.10. The number of aliphatic hydroxyl groups is 1. The number of hydrogen-bond acceptors (Lipinski definition) is 3. The molecule has 0 bridgehead atoms. The molecule has 0 fully saturated rings. The molecule has 1 unspecified atom stereocenters. The molecule has 90 valence electrons. The molecule has 16 heavy (non-hydrogen) atoms. The van der Waals surface area contributed by atoms with E-state index < -0.39 is 5.60 Å². The Bertz CT molecular complexity index is 329. The molecule has 1 heterocycles. The van der Waals surface area contributed by atoms with Gasteiger partial charge in [-0.1, -0.05) is 31.0 Å². The van der Waals surface area contributed by atoms with Crippen LogP contribution in [0.5, 0.6) is 0 Å². The number of nitrogens with zero attached hydrogens (tertiary/aromatic N) is 1. The summed E-state index contributed by atoms with van der Waals surface area (Å²) >= 11 is 5.92. The third-order valence-corrected chi connectivity index (χ3v) is 2.79. The number of aromatic nitrogens is 1. The molecule has 0 saturated heterocycles. The summed E-state index contributed by atoms with van der Waals surface area (Å²) < 4.78 is 0. The van der Waals surface area contributed by atoms with Gasteiger partial charge in [0.15, 0.2) is 0 Å². The predicted molar refractivity (Wildman–Crippen MR) is 66.5 cm³/mol. The van der Waals surface area contributed by atoms with Crippen molar-refractivity contribution in [2.45, 2.75) is 38.8 Å². The molecule has 1 aromatic heterocycles. The first kappa shape index (κ1) is 13.4. The van der Waals surface area contributed by atoms with Gasteiger partial charge in [0.2, 0.25) is 0 Å². The number of halogens is 1. The standard InChI is InChI=1S/C12H19ClN2O/c1-3-6-12(2,16)9-14-8-10-5-4-7-15-11(10)13/h4-5,7,14,16H,3,6,8-9H2,1-2H3. The zero-order valence-corrected chi connectivity index (χ0v) is 10.6. The molecule has 2 N–H and O–H groups in total. The SMILES string of the molecule is CCCC(C)(O)CNCc1cccnc1Cl. The fourth-order valence-electron chi connectivity index (χ4n) is 1.64. The van der Waals surface area contributed by atoms with Crippen LogP contribution < -0.4 is 5.32 Å². The first-order valence-electron chi connectivity index (χ1n) is 5.57.